The van der Waals surface area contributed by atoms with Gasteiger partial charge in [-0.15, -0.1) is 0 Å². The van der Waals surface area contributed by atoms with Crippen LogP contribution in [0.25, 0.3) is 0 Å². The topological polar surface area (TPSA) is 40.5 Å². The third kappa shape index (κ3) is 1.50. The molecule has 0 aromatic carbocycles. The summed E-state index contributed by atoms with van der Waals surface area (Å²) in [5.74, 6) is 3.31. The van der Waals surface area contributed by atoms with Gasteiger partial charge >= 0.3 is 0 Å². The van der Waals surface area contributed by atoms with E-state index in [-0.39, 0.29) is 16.9 Å². The summed E-state index contributed by atoms with van der Waals surface area (Å²) in [5, 5.41) is 21.0. The molecule has 1 spiro atoms. The molecule has 0 saturated heterocycles. The summed E-state index contributed by atoms with van der Waals surface area (Å²) in [7, 11) is 0. The first-order valence-electron chi connectivity index (χ1n) is 9.60. The Kier molecular flexibility index (Phi) is 3.16. The smallest absolute Gasteiger partial charge is 0.0635 e. The van der Waals surface area contributed by atoms with Gasteiger partial charge < -0.3 is 10.2 Å². The van der Waals surface area contributed by atoms with Crippen molar-refractivity contribution in [2.24, 2.45) is 45.8 Å². The summed E-state index contributed by atoms with van der Waals surface area (Å²) in [6.45, 7) is 9.72. The van der Waals surface area contributed by atoms with Crippen LogP contribution in [0.1, 0.15) is 66.2 Å². The van der Waals surface area contributed by atoms with Gasteiger partial charge in [0.15, 0.2) is 0 Å². The van der Waals surface area contributed by atoms with Gasteiger partial charge in [-0.25, -0.2) is 0 Å². The molecule has 22 heavy (non-hydrogen) atoms. The zero-order chi connectivity index (χ0) is 15.9. The first-order valence-corrected chi connectivity index (χ1v) is 9.60. The second kappa shape index (κ2) is 4.51. The van der Waals surface area contributed by atoms with Crippen molar-refractivity contribution >= 4 is 0 Å². The fourth-order valence-electron chi connectivity index (χ4n) is 8.11. The highest BCUT2D eigenvalue weighted by molar-refractivity contribution is 5.25. The van der Waals surface area contributed by atoms with Gasteiger partial charge in [-0.3, -0.25) is 0 Å². The molecule has 0 aromatic rings. The molecular weight excluding hydrogens is 272 g/mol. The molecular formula is C20H34O2. The maximum absolute atomic E-state index is 11.0. The van der Waals surface area contributed by atoms with Crippen LogP contribution in [-0.4, -0.2) is 22.9 Å². The van der Waals surface area contributed by atoms with E-state index in [4.69, 9.17) is 0 Å². The van der Waals surface area contributed by atoms with Gasteiger partial charge in [-0.05, 0) is 72.5 Å². The zero-order valence-electron chi connectivity index (χ0n) is 14.8. The zero-order valence-corrected chi connectivity index (χ0v) is 14.8. The third-order valence-corrected chi connectivity index (χ3v) is 9.10. The van der Waals surface area contributed by atoms with E-state index in [9.17, 15) is 10.2 Å². The van der Waals surface area contributed by atoms with Gasteiger partial charge in [0, 0.05) is 12.0 Å². The number of rotatable bonds is 2. The van der Waals surface area contributed by atoms with E-state index >= 15 is 0 Å². The molecule has 4 saturated carbocycles. The minimum atomic E-state index is -0.0589. The summed E-state index contributed by atoms with van der Waals surface area (Å²) in [6.07, 6.45) is 7.47. The summed E-state index contributed by atoms with van der Waals surface area (Å²) in [6, 6.07) is 0. The van der Waals surface area contributed by atoms with Crippen molar-refractivity contribution in [1.82, 2.24) is 0 Å². The van der Waals surface area contributed by atoms with Crippen LogP contribution in [-0.2, 0) is 0 Å². The van der Waals surface area contributed by atoms with E-state index in [2.05, 4.69) is 27.7 Å². The molecule has 4 fully saturated rings. The minimum Gasteiger partial charge on any atom is -0.396 e. The normalized spacial score (nSPS) is 59.9. The lowest BCUT2D eigenvalue weighted by Crippen LogP contribution is -2.78. The molecule has 0 aromatic heterocycles. The van der Waals surface area contributed by atoms with Crippen molar-refractivity contribution in [3.63, 3.8) is 0 Å². The van der Waals surface area contributed by atoms with Crippen LogP contribution in [0.15, 0.2) is 0 Å². The van der Waals surface area contributed by atoms with Gasteiger partial charge in [0.2, 0.25) is 0 Å². The highest BCUT2D eigenvalue weighted by atomic mass is 16.3. The summed E-state index contributed by atoms with van der Waals surface area (Å²) < 4.78 is 0. The molecule has 0 aliphatic heterocycles. The molecule has 2 heteroatoms. The maximum Gasteiger partial charge on any atom is 0.0635 e. The number of aliphatic hydroxyl groups excluding tert-OH is 2. The molecule has 126 valence electrons. The first-order chi connectivity index (χ1) is 10.3. The van der Waals surface area contributed by atoms with E-state index in [1.807, 2.05) is 0 Å². The van der Waals surface area contributed by atoms with Crippen LogP contribution >= 0.6 is 0 Å². The monoisotopic (exact) mass is 306 g/mol. The van der Waals surface area contributed by atoms with Crippen LogP contribution < -0.4 is 0 Å². The lowest BCUT2D eigenvalue weighted by Gasteiger charge is -2.79. The molecule has 2 nitrogen and oxygen atoms in total. The Bertz CT molecular complexity index is 466. The van der Waals surface area contributed by atoms with Crippen LogP contribution in [0.3, 0.4) is 0 Å². The standard InChI is InChI=1S/C20H34O2/c1-12(2)16-13-10-15-19(4)8-5-7-18(3,11-21)14(19)6-9-20(13,15)17(16)22/h12-17,21-22H,5-11H2,1-4H3/t13-,14-,15-,16-,17+,18-,19-,20+/m0/s1. The van der Waals surface area contributed by atoms with Crippen molar-refractivity contribution in [1.29, 1.82) is 0 Å². The first kappa shape index (κ1) is 15.4. The number of fused-ring (bicyclic) bond motifs is 2. The molecule has 2 N–H and O–H groups in total. The number of aliphatic hydroxyl groups is 2. The van der Waals surface area contributed by atoms with E-state index < -0.39 is 0 Å². The van der Waals surface area contributed by atoms with Crippen LogP contribution in [0.2, 0.25) is 0 Å². The SMILES string of the molecule is CC(C)[C@@H]1[C@@H](O)[C@@]23CC[C@H]4[C@](C)(CO)CCC[C@]4(C)[C@@H]2C[C@@H]13. The van der Waals surface area contributed by atoms with Crippen molar-refractivity contribution < 1.29 is 10.2 Å². The van der Waals surface area contributed by atoms with Crippen molar-refractivity contribution in [3.05, 3.63) is 0 Å². The van der Waals surface area contributed by atoms with E-state index in [0.29, 0.717) is 35.7 Å². The van der Waals surface area contributed by atoms with Crippen LogP contribution in [0.4, 0.5) is 0 Å². The van der Waals surface area contributed by atoms with Crippen molar-refractivity contribution in [3.8, 4) is 0 Å². The Hall–Kier alpha value is -0.0800. The molecule has 4 rings (SSSR count). The molecule has 0 amide bonds. The van der Waals surface area contributed by atoms with Crippen LogP contribution in [0.5, 0.6) is 0 Å². The molecule has 0 radical (unpaired) electrons. The fraction of sp³-hybridized carbons (Fsp3) is 1.00. The second-order valence-electron chi connectivity index (χ2n) is 10.0. The largest absolute Gasteiger partial charge is 0.396 e. The highest BCUT2D eigenvalue weighted by Gasteiger charge is 2.77. The average Bonchev–Trinajstić information content (AvgIpc) is 2.45. The molecule has 4 aliphatic carbocycles. The molecule has 0 heterocycles. The summed E-state index contributed by atoms with van der Waals surface area (Å²) >= 11 is 0. The van der Waals surface area contributed by atoms with Gasteiger partial charge in [0.1, 0.15) is 0 Å². The Morgan fingerprint density at radius 1 is 1.09 bits per heavy atom. The van der Waals surface area contributed by atoms with Gasteiger partial charge in [-0.2, -0.15) is 0 Å². The quantitative estimate of drug-likeness (QED) is 0.813. The van der Waals surface area contributed by atoms with Gasteiger partial charge in [-0.1, -0.05) is 34.1 Å². The molecule has 8 atom stereocenters. The highest BCUT2D eigenvalue weighted by Crippen LogP contribution is 2.80. The van der Waals surface area contributed by atoms with Gasteiger partial charge in [0.25, 0.3) is 0 Å². The van der Waals surface area contributed by atoms with Gasteiger partial charge in [0.05, 0.1) is 6.10 Å². The molecule has 4 aliphatic rings. The van der Waals surface area contributed by atoms with E-state index in [0.717, 1.165) is 5.92 Å². The second-order valence-corrected chi connectivity index (χ2v) is 10.0. The molecule has 0 bridgehead atoms. The predicted octanol–water partition coefficient (Wildman–Crippen LogP) is 3.85. The Labute approximate surface area is 135 Å². The number of hydrogen-bond donors (Lipinski definition) is 2. The Morgan fingerprint density at radius 3 is 2.41 bits per heavy atom. The fourth-order valence-corrected chi connectivity index (χ4v) is 8.11. The molecule has 0 unspecified atom stereocenters. The van der Waals surface area contributed by atoms with E-state index in [1.165, 1.54) is 38.5 Å². The predicted molar refractivity (Wildman–Crippen MR) is 88.2 cm³/mol. The number of hydrogen-bond acceptors (Lipinski definition) is 2. The van der Waals surface area contributed by atoms with E-state index in [1.54, 1.807) is 0 Å². The van der Waals surface area contributed by atoms with Crippen LogP contribution in [0, 0.1) is 45.8 Å². The minimum absolute atomic E-state index is 0.0589. The summed E-state index contributed by atoms with van der Waals surface area (Å²) in [5.41, 5.74) is 0.729. The lowest BCUT2D eigenvalue weighted by atomic mass is 9.26. The Balaban J connectivity index is 1.65. The summed E-state index contributed by atoms with van der Waals surface area (Å²) in [4.78, 5) is 0. The maximum atomic E-state index is 11.0. The van der Waals surface area contributed by atoms with Crippen molar-refractivity contribution in [2.45, 2.75) is 72.3 Å². The van der Waals surface area contributed by atoms with Crippen molar-refractivity contribution in [2.75, 3.05) is 6.61 Å². The Morgan fingerprint density at radius 2 is 1.82 bits per heavy atom. The third-order valence-electron chi connectivity index (χ3n) is 9.10. The lowest BCUT2D eigenvalue weighted by molar-refractivity contribution is -0.349. The average molecular weight is 306 g/mol.